The van der Waals surface area contributed by atoms with Gasteiger partial charge in [-0.1, -0.05) is 11.2 Å². The first-order valence-corrected chi connectivity index (χ1v) is 7.17. The van der Waals surface area contributed by atoms with Gasteiger partial charge in [-0.15, -0.1) is 24.0 Å². The SMILES string of the molecule is CCNC(=NCc1ccc(F)cc1C(F)(F)F)NCc1ccon1.I. The minimum Gasteiger partial charge on any atom is -0.364 e. The van der Waals surface area contributed by atoms with Crippen LogP contribution in [0.4, 0.5) is 17.6 Å². The van der Waals surface area contributed by atoms with Gasteiger partial charge in [0.1, 0.15) is 17.8 Å². The number of nitrogens with zero attached hydrogens (tertiary/aromatic N) is 2. The van der Waals surface area contributed by atoms with Gasteiger partial charge in [0.05, 0.1) is 18.7 Å². The fourth-order valence-electron chi connectivity index (χ4n) is 1.96. The number of hydrogen-bond donors (Lipinski definition) is 2. The highest BCUT2D eigenvalue weighted by atomic mass is 127. The second-order valence-electron chi connectivity index (χ2n) is 4.84. The maximum Gasteiger partial charge on any atom is 0.416 e. The number of hydrogen-bond acceptors (Lipinski definition) is 3. The molecule has 10 heteroatoms. The molecule has 1 heterocycles. The summed E-state index contributed by atoms with van der Waals surface area (Å²) in [5.74, 6) is -0.621. The zero-order valence-corrected chi connectivity index (χ0v) is 15.6. The molecule has 0 atom stereocenters. The Morgan fingerprint density at radius 3 is 2.60 bits per heavy atom. The molecule has 0 aliphatic carbocycles. The van der Waals surface area contributed by atoms with Gasteiger partial charge in [0.2, 0.25) is 0 Å². The van der Waals surface area contributed by atoms with Crippen LogP contribution in [0, 0.1) is 5.82 Å². The number of aliphatic imine (C=N–C) groups is 1. The van der Waals surface area contributed by atoms with Gasteiger partial charge in [-0.2, -0.15) is 13.2 Å². The molecule has 25 heavy (non-hydrogen) atoms. The lowest BCUT2D eigenvalue weighted by atomic mass is 10.1. The topological polar surface area (TPSA) is 62.5 Å². The number of rotatable bonds is 5. The first-order chi connectivity index (χ1) is 11.4. The van der Waals surface area contributed by atoms with Crippen molar-refractivity contribution in [3.05, 3.63) is 53.2 Å². The Hall–Kier alpha value is -1.85. The van der Waals surface area contributed by atoms with Crippen LogP contribution in [0.25, 0.3) is 0 Å². The van der Waals surface area contributed by atoms with Gasteiger partial charge in [0, 0.05) is 12.6 Å². The number of aromatic nitrogens is 1. The molecular weight excluding hydrogens is 455 g/mol. The molecule has 0 radical (unpaired) electrons. The summed E-state index contributed by atoms with van der Waals surface area (Å²) in [7, 11) is 0. The van der Waals surface area contributed by atoms with Gasteiger partial charge >= 0.3 is 6.18 Å². The smallest absolute Gasteiger partial charge is 0.364 e. The first-order valence-electron chi connectivity index (χ1n) is 7.17. The molecule has 0 unspecified atom stereocenters. The molecule has 1 aromatic carbocycles. The van der Waals surface area contributed by atoms with Crippen LogP contribution in [-0.2, 0) is 19.3 Å². The van der Waals surface area contributed by atoms with Crippen molar-refractivity contribution in [2.45, 2.75) is 26.2 Å². The van der Waals surface area contributed by atoms with E-state index in [1.807, 2.05) is 6.92 Å². The Bertz CT molecular complexity index is 689. The van der Waals surface area contributed by atoms with E-state index in [9.17, 15) is 17.6 Å². The first kappa shape index (κ1) is 21.2. The summed E-state index contributed by atoms with van der Waals surface area (Å²) >= 11 is 0. The van der Waals surface area contributed by atoms with Crippen molar-refractivity contribution >= 4 is 29.9 Å². The Labute approximate surface area is 158 Å². The second kappa shape index (κ2) is 9.59. The molecule has 0 fully saturated rings. The number of nitrogens with one attached hydrogen (secondary N) is 2. The molecule has 2 N–H and O–H groups in total. The van der Waals surface area contributed by atoms with E-state index in [1.165, 1.54) is 6.26 Å². The van der Waals surface area contributed by atoms with Crippen molar-refractivity contribution in [3.8, 4) is 0 Å². The molecule has 0 amide bonds. The van der Waals surface area contributed by atoms with Gasteiger partial charge in [0.25, 0.3) is 0 Å². The Kier molecular flexibility index (Phi) is 8.13. The predicted octanol–water partition coefficient (Wildman–Crippen LogP) is 3.71. The molecule has 0 aliphatic rings. The van der Waals surface area contributed by atoms with Crippen molar-refractivity contribution in [2.75, 3.05) is 6.54 Å². The van der Waals surface area contributed by atoms with Crippen molar-refractivity contribution in [1.29, 1.82) is 0 Å². The predicted molar refractivity (Wildman–Crippen MR) is 95.0 cm³/mol. The minimum atomic E-state index is -4.64. The third-order valence-corrected chi connectivity index (χ3v) is 3.06. The van der Waals surface area contributed by atoms with Crippen LogP contribution in [0.15, 0.2) is 40.0 Å². The highest BCUT2D eigenvalue weighted by molar-refractivity contribution is 14.0. The summed E-state index contributed by atoms with van der Waals surface area (Å²) in [6.45, 7) is 2.41. The van der Waals surface area contributed by atoms with E-state index in [0.717, 1.165) is 12.1 Å². The van der Waals surface area contributed by atoms with Crippen molar-refractivity contribution in [1.82, 2.24) is 15.8 Å². The third-order valence-electron chi connectivity index (χ3n) is 3.06. The van der Waals surface area contributed by atoms with E-state index in [1.54, 1.807) is 6.07 Å². The minimum absolute atomic E-state index is 0. The van der Waals surface area contributed by atoms with E-state index in [2.05, 4.69) is 25.3 Å². The van der Waals surface area contributed by atoms with Gasteiger partial charge in [0.15, 0.2) is 5.96 Å². The van der Waals surface area contributed by atoms with E-state index >= 15 is 0 Å². The summed E-state index contributed by atoms with van der Waals surface area (Å²) in [6, 6.07) is 4.19. The lowest BCUT2D eigenvalue weighted by Gasteiger charge is -2.13. The van der Waals surface area contributed by atoms with Gasteiger partial charge in [-0.05, 0) is 24.6 Å². The lowest BCUT2D eigenvalue weighted by Crippen LogP contribution is -2.36. The second-order valence-corrected chi connectivity index (χ2v) is 4.84. The van der Waals surface area contributed by atoms with Crippen molar-refractivity contribution in [3.63, 3.8) is 0 Å². The Morgan fingerprint density at radius 2 is 2.00 bits per heavy atom. The van der Waals surface area contributed by atoms with Gasteiger partial charge in [-0.25, -0.2) is 9.38 Å². The Morgan fingerprint density at radius 1 is 1.24 bits per heavy atom. The van der Waals surface area contributed by atoms with Crippen molar-refractivity contribution in [2.24, 2.45) is 4.99 Å². The zero-order valence-electron chi connectivity index (χ0n) is 13.2. The average Bonchev–Trinajstić information content (AvgIpc) is 3.03. The molecule has 5 nitrogen and oxygen atoms in total. The average molecular weight is 472 g/mol. The van der Waals surface area contributed by atoms with Crippen LogP contribution >= 0.6 is 24.0 Å². The fraction of sp³-hybridized carbons (Fsp3) is 0.333. The molecule has 2 rings (SSSR count). The summed E-state index contributed by atoms with van der Waals surface area (Å²) in [5.41, 5.74) is -0.514. The van der Waals surface area contributed by atoms with Gasteiger partial charge < -0.3 is 15.2 Å². The third kappa shape index (κ3) is 6.52. The van der Waals surface area contributed by atoms with Crippen LogP contribution in [0.2, 0.25) is 0 Å². The number of benzene rings is 1. The molecular formula is C15H17F4IN4O. The van der Waals surface area contributed by atoms with Crippen LogP contribution in [0.5, 0.6) is 0 Å². The highest BCUT2D eigenvalue weighted by Crippen LogP contribution is 2.32. The molecule has 2 aromatic rings. The molecule has 0 spiro atoms. The van der Waals surface area contributed by atoms with Crippen LogP contribution in [0.1, 0.15) is 23.7 Å². The van der Waals surface area contributed by atoms with E-state index in [4.69, 9.17) is 0 Å². The standard InChI is InChI=1S/C15H16F4N4O.HI/c1-2-20-14(22-9-12-5-6-24-23-12)21-8-10-3-4-11(16)7-13(10)15(17,18)19;/h3-7H,2,8-9H2,1H3,(H2,20,21,22);1H. The summed E-state index contributed by atoms with van der Waals surface area (Å²) in [6.07, 6.45) is -3.23. The summed E-state index contributed by atoms with van der Waals surface area (Å²) in [4.78, 5) is 4.10. The molecule has 0 saturated heterocycles. The molecule has 138 valence electrons. The summed E-state index contributed by atoms with van der Waals surface area (Å²) in [5, 5.41) is 9.55. The number of alkyl halides is 3. The highest BCUT2D eigenvalue weighted by Gasteiger charge is 2.33. The van der Waals surface area contributed by atoms with Gasteiger partial charge in [-0.3, -0.25) is 0 Å². The number of halogens is 5. The maximum absolute atomic E-state index is 13.1. The summed E-state index contributed by atoms with van der Waals surface area (Å²) < 4.78 is 56.7. The van der Waals surface area contributed by atoms with Crippen LogP contribution in [0.3, 0.4) is 0 Å². The molecule has 1 aromatic heterocycles. The fourth-order valence-corrected chi connectivity index (χ4v) is 1.96. The Balaban J connectivity index is 0.00000312. The quantitative estimate of drug-likeness (QED) is 0.302. The normalized spacial score (nSPS) is 11.8. The molecule has 0 bridgehead atoms. The van der Waals surface area contributed by atoms with Crippen molar-refractivity contribution < 1.29 is 22.1 Å². The van der Waals surface area contributed by atoms with Crippen LogP contribution in [-0.4, -0.2) is 17.7 Å². The number of guanidine groups is 1. The van der Waals surface area contributed by atoms with Crippen LogP contribution < -0.4 is 10.6 Å². The largest absolute Gasteiger partial charge is 0.416 e. The monoisotopic (exact) mass is 472 g/mol. The molecule has 0 aliphatic heterocycles. The van der Waals surface area contributed by atoms with E-state index in [0.29, 0.717) is 30.8 Å². The zero-order chi connectivity index (χ0) is 17.6. The van der Waals surface area contributed by atoms with E-state index < -0.39 is 17.6 Å². The molecule has 0 saturated carbocycles. The van der Waals surface area contributed by atoms with E-state index in [-0.39, 0.29) is 36.1 Å². The lowest BCUT2D eigenvalue weighted by molar-refractivity contribution is -0.138. The maximum atomic E-state index is 13.1.